The summed E-state index contributed by atoms with van der Waals surface area (Å²) in [5, 5.41) is 5.36. The van der Waals surface area contributed by atoms with Crippen molar-refractivity contribution in [2.24, 2.45) is 0 Å². The molecule has 42 heavy (non-hydrogen) atoms. The number of hydrogen-bond donors (Lipinski definition) is 0. The van der Waals surface area contributed by atoms with Gasteiger partial charge in [0.1, 0.15) is 0 Å². The van der Waals surface area contributed by atoms with Crippen molar-refractivity contribution in [1.29, 1.82) is 0 Å². The second-order valence-electron chi connectivity index (χ2n) is 9.90. The molecule has 6 aromatic rings. The minimum absolute atomic E-state index is 0.766. The summed E-state index contributed by atoms with van der Waals surface area (Å²) in [5.41, 5.74) is 4.98. The Morgan fingerprint density at radius 3 is 0.738 bits per heavy atom. The zero-order valence-corrected chi connectivity index (χ0v) is 25.2. The SMILES string of the molecule is C(=C(\C(=C\P(c1ccccc1)c1ccccc1)c1ccccc1)c1ccccc1)/P(c1ccccc1)c1ccccc1. The minimum atomic E-state index is -0.766. The molecule has 0 saturated carbocycles. The lowest BCUT2D eigenvalue weighted by Gasteiger charge is -2.22. The minimum Gasteiger partial charge on any atom is -0.0622 e. The molecule has 6 rings (SSSR count). The molecule has 6 aromatic carbocycles. The van der Waals surface area contributed by atoms with Gasteiger partial charge in [0.25, 0.3) is 0 Å². The molecule has 202 valence electrons. The molecular formula is C40H32P2. The molecule has 0 amide bonds. The van der Waals surface area contributed by atoms with Crippen LogP contribution in [0, 0.1) is 0 Å². The van der Waals surface area contributed by atoms with Crippen LogP contribution in [0.3, 0.4) is 0 Å². The summed E-state index contributed by atoms with van der Waals surface area (Å²) in [6.07, 6.45) is 0. The van der Waals surface area contributed by atoms with E-state index in [4.69, 9.17) is 0 Å². The van der Waals surface area contributed by atoms with Crippen molar-refractivity contribution in [2.45, 2.75) is 0 Å². The molecule has 0 spiro atoms. The van der Waals surface area contributed by atoms with Crippen LogP contribution in [0.2, 0.25) is 0 Å². The van der Waals surface area contributed by atoms with Crippen molar-refractivity contribution in [3.8, 4) is 0 Å². The van der Waals surface area contributed by atoms with Gasteiger partial charge in [-0.1, -0.05) is 182 Å². The second-order valence-corrected chi connectivity index (χ2v) is 14.0. The molecule has 0 aliphatic rings. The second kappa shape index (κ2) is 14.0. The van der Waals surface area contributed by atoms with Crippen LogP contribution in [0.25, 0.3) is 11.1 Å². The van der Waals surface area contributed by atoms with E-state index in [-0.39, 0.29) is 0 Å². The lowest BCUT2D eigenvalue weighted by atomic mass is 9.95. The van der Waals surface area contributed by atoms with Crippen molar-refractivity contribution < 1.29 is 0 Å². The van der Waals surface area contributed by atoms with Crippen molar-refractivity contribution in [1.82, 2.24) is 0 Å². The van der Waals surface area contributed by atoms with Crippen molar-refractivity contribution in [2.75, 3.05) is 0 Å². The van der Waals surface area contributed by atoms with Crippen LogP contribution in [-0.4, -0.2) is 0 Å². The van der Waals surface area contributed by atoms with Crippen molar-refractivity contribution >= 4 is 48.2 Å². The Balaban J connectivity index is 1.63. The van der Waals surface area contributed by atoms with Gasteiger partial charge < -0.3 is 0 Å². The quantitative estimate of drug-likeness (QED) is 0.119. The molecule has 0 unspecified atom stereocenters. The maximum atomic E-state index is 2.54. The summed E-state index contributed by atoms with van der Waals surface area (Å²) in [5.74, 6) is 5.08. The van der Waals surface area contributed by atoms with Gasteiger partial charge in [-0.3, -0.25) is 0 Å². The van der Waals surface area contributed by atoms with Crippen LogP contribution in [0.15, 0.2) is 194 Å². The monoisotopic (exact) mass is 574 g/mol. The Morgan fingerprint density at radius 2 is 0.500 bits per heavy atom. The zero-order chi connectivity index (χ0) is 28.4. The predicted molar refractivity (Wildman–Crippen MR) is 187 cm³/mol. The van der Waals surface area contributed by atoms with Gasteiger partial charge in [-0.25, -0.2) is 0 Å². The maximum Gasteiger partial charge on any atom is -0.00938 e. The molecule has 0 aliphatic carbocycles. The Hall–Kier alpha value is -4.34. The Kier molecular flexibility index (Phi) is 9.28. The molecule has 0 aromatic heterocycles. The summed E-state index contributed by atoms with van der Waals surface area (Å²) in [6.45, 7) is 0. The van der Waals surface area contributed by atoms with E-state index in [2.05, 4.69) is 194 Å². The van der Waals surface area contributed by atoms with Crippen LogP contribution in [0.5, 0.6) is 0 Å². The summed E-state index contributed by atoms with van der Waals surface area (Å²) in [4.78, 5) is 0. The molecule has 0 saturated heterocycles. The van der Waals surface area contributed by atoms with E-state index in [1.807, 2.05) is 0 Å². The highest BCUT2D eigenvalue weighted by Gasteiger charge is 2.20. The highest BCUT2D eigenvalue weighted by Crippen LogP contribution is 2.47. The largest absolute Gasteiger partial charge is 0.0622 e. The third kappa shape index (κ3) is 6.75. The highest BCUT2D eigenvalue weighted by molar-refractivity contribution is 7.76. The van der Waals surface area contributed by atoms with Gasteiger partial charge in [-0.15, -0.1) is 0 Å². The molecular weight excluding hydrogens is 542 g/mol. The zero-order valence-electron chi connectivity index (χ0n) is 23.4. The van der Waals surface area contributed by atoms with Gasteiger partial charge in [0.15, 0.2) is 0 Å². The highest BCUT2D eigenvalue weighted by atomic mass is 31.1. The molecule has 0 heterocycles. The van der Waals surface area contributed by atoms with Crippen LogP contribution in [-0.2, 0) is 0 Å². The first kappa shape index (κ1) is 27.8. The van der Waals surface area contributed by atoms with Gasteiger partial charge in [0, 0.05) is 0 Å². The first-order chi connectivity index (χ1) is 20.9. The summed E-state index contributed by atoms with van der Waals surface area (Å²) < 4.78 is 0. The maximum absolute atomic E-state index is 2.54. The molecule has 0 fully saturated rings. The fraction of sp³-hybridized carbons (Fsp3) is 0. The van der Waals surface area contributed by atoms with E-state index in [1.54, 1.807) is 0 Å². The van der Waals surface area contributed by atoms with Gasteiger partial charge in [0.2, 0.25) is 0 Å². The first-order valence-corrected chi connectivity index (χ1v) is 17.0. The van der Waals surface area contributed by atoms with E-state index in [0.29, 0.717) is 0 Å². The molecule has 0 bridgehead atoms. The lowest BCUT2D eigenvalue weighted by molar-refractivity contribution is 1.59. The first-order valence-electron chi connectivity index (χ1n) is 14.2. The Bertz CT molecular complexity index is 1520. The van der Waals surface area contributed by atoms with E-state index in [9.17, 15) is 0 Å². The lowest BCUT2D eigenvalue weighted by Crippen LogP contribution is -2.11. The van der Waals surface area contributed by atoms with Crippen LogP contribution >= 0.6 is 15.8 Å². The molecule has 0 radical (unpaired) electrons. The summed E-state index contributed by atoms with van der Waals surface area (Å²) in [6, 6.07) is 65.6. The average molecular weight is 575 g/mol. The van der Waals surface area contributed by atoms with E-state index >= 15 is 0 Å². The molecule has 0 atom stereocenters. The number of allylic oxidation sites excluding steroid dienone is 2. The number of hydrogen-bond acceptors (Lipinski definition) is 0. The third-order valence-electron chi connectivity index (χ3n) is 7.11. The molecule has 0 N–H and O–H groups in total. The molecule has 2 heteroatoms. The standard InChI is InChI=1S/C40H32P2/c1-7-19-33(20-8-1)39(31-41(35-23-11-3-12-24-35)36-25-13-4-14-26-36)40(34-21-9-2-10-22-34)32-42(37-27-15-5-16-28-37)38-29-17-6-18-30-38/h1-32H/b39-31+,40-32+. The van der Waals surface area contributed by atoms with Gasteiger partial charge in [-0.2, -0.15) is 0 Å². The van der Waals surface area contributed by atoms with Crippen LogP contribution in [0.1, 0.15) is 11.1 Å². The van der Waals surface area contributed by atoms with E-state index in [1.165, 1.54) is 43.5 Å². The predicted octanol–water partition coefficient (Wildman–Crippen LogP) is 9.33. The normalized spacial score (nSPS) is 12.0. The van der Waals surface area contributed by atoms with Crippen molar-refractivity contribution in [3.05, 3.63) is 205 Å². The smallest absolute Gasteiger partial charge is 0.00938 e. The Labute approximate surface area is 252 Å². The van der Waals surface area contributed by atoms with Gasteiger partial charge in [-0.05, 0) is 71.0 Å². The summed E-state index contributed by atoms with van der Waals surface area (Å²) >= 11 is 0. The van der Waals surface area contributed by atoms with E-state index < -0.39 is 15.8 Å². The third-order valence-corrected chi connectivity index (χ3v) is 11.6. The molecule has 0 nitrogen and oxygen atoms in total. The fourth-order valence-corrected chi connectivity index (χ4v) is 9.30. The fourth-order valence-electron chi connectivity index (χ4n) is 5.04. The van der Waals surface area contributed by atoms with Crippen LogP contribution < -0.4 is 21.2 Å². The summed E-state index contributed by atoms with van der Waals surface area (Å²) in [7, 11) is -1.53. The van der Waals surface area contributed by atoms with E-state index in [0.717, 1.165) is 0 Å². The van der Waals surface area contributed by atoms with Crippen LogP contribution in [0.4, 0.5) is 0 Å². The molecule has 0 aliphatic heterocycles. The average Bonchev–Trinajstić information content (AvgIpc) is 3.09. The Morgan fingerprint density at radius 1 is 0.286 bits per heavy atom. The topological polar surface area (TPSA) is 0 Å². The number of benzene rings is 6. The number of rotatable bonds is 9. The van der Waals surface area contributed by atoms with Gasteiger partial charge in [0.05, 0.1) is 0 Å². The van der Waals surface area contributed by atoms with Crippen molar-refractivity contribution in [3.63, 3.8) is 0 Å². The van der Waals surface area contributed by atoms with Gasteiger partial charge >= 0.3 is 0 Å².